The normalized spacial score (nSPS) is 10.0. The van der Waals surface area contributed by atoms with E-state index in [1.54, 1.807) is 4.90 Å². The molecule has 0 spiro atoms. The predicted octanol–water partition coefficient (Wildman–Crippen LogP) is 1.15. The van der Waals surface area contributed by atoms with E-state index in [2.05, 4.69) is 15.0 Å². The van der Waals surface area contributed by atoms with Crippen LogP contribution in [0.1, 0.15) is 12.7 Å². The van der Waals surface area contributed by atoms with Crippen LogP contribution in [0.2, 0.25) is 5.28 Å². The Morgan fingerprint density at radius 2 is 1.92 bits per heavy atom. The maximum atomic E-state index is 5.68. The summed E-state index contributed by atoms with van der Waals surface area (Å²) in [5.74, 6) is 1.32. The second-order valence-electron chi connectivity index (χ2n) is 2.57. The molecule has 0 saturated carbocycles. The summed E-state index contributed by atoms with van der Waals surface area (Å²) >= 11 is 5.68. The molecule has 0 aliphatic rings. The summed E-state index contributed by atoms with van der Waals surface area (Å²) in [6.45, 7) is 1.98. The molecule has 0 aliphatic carbocycles. The summed E-state index contributed by atoms with van der Waals surface area (Å²) < 4.78 is 0. The average molecular weight is 187 g/mol. The lowest BCUT2D eigenvalue weighted by molar-refractivity contribution is 0.868. The average Bonchev–Trinajstić information content (AvgIpc) is 2.03. The highest BCUT2D eigenvalue weighted by atomic mass is 35.5. The Labute approximate surface area is 76.6 Å². The first-order valence-corrected chi connectivity index (χ1v) is 4.09. The van der Waals surface area contributed by atoms with E-state index >= 15 is 0 Å². The van der Waals surface area contributed by atoms with Gasteiger partial charge in [-0.25, -0.2) is 4.98 Å². The van der Waals surface area contributed by atoms with Crippen molar-refractivity contribution in [3.63, 3.8) is 0 Å². The van der Waals surface area contributed by atoms with Crippen LogP contribution < -0.4 is 4.90 Å². The van der Waals surface area contributed by atoms with Crippen LogP contribution in [0, 0.1) is 0 Å². The number of nitrogens with zero attached hydrogens (tertiary/aromatic N) is 4. The third-order valence-electron chi connectivity index (χ3n) is 1.36. The van der Waals surface area contributed by atoms with Crippen molar-refractivity contribution in [1.82, 2.24) is 15.0 Å². The van der Waals surface area contributed by atoms with Gasteiger partial charge in [-0.1, -0.05) is 6.92 Å². The van der Waals surface area contributed by atoms with E-state index in [1.807, 2.05) is 21.0 Å². The van der Waals surface area contributed by atoms with Crippen LogP contribution in [0.3, 0.4) is 0 Å². The van der Waals surface area contributed by atoms with Gasteiger partial charge in [0, 0.05) is 20.5 Å². The Hall–Kier alpha value is -0.900. The second kappa shape index (κ2) is 3.67. The maximum absolute atomic E-state index is 5.68. The van der Waals surface area contributed by atoms with Gasteiger partial charge in [0.25, 0.3) is 0 Å². The minimum absolute atomic E-state index is 0.255. The summed E-state index contributed by atoms with van der Waals surface area (Å²) in [4.78, 5) is 13.9. The fourth-order valence-electron chi connectivity index (χ4n) is 0.738. The molecule has 0 saturated heterocycles. The molecule has 0 fully saturated rings. The van der Waals surface area contributed by atoms with Crippen LogP contribution in [0.25, 0.3) is 0 Å². The van der Waals surface area contributed by atoms with Gasteiger partial charge in [-0.05, 0) is 11.6 Å². The van der Waals surface area contributed by atoms with E-state index in [9.17, 15) is 0 Å². The zero-order valence-electron chi connectivity index (χ0n) is 7.37. The lowest BCUT2D eigenvalue weighted by Gasteiger charge is -2.09. The van der Waals surface area contributed by atoms with Crippen molar-refractivity contribution in [1.29, 1.82) is 0 Å². The molecule has 1 rings (SSSR count). The van der Waals surface area contributed by atoms with Crippen molar-refractivity contribution in [2.75, 3.05) is 19.0 Å². The van der Waals surface area contributed by atoms with Gasteiger partial charge in [-0.15, -0.1) is 0 Å². The Kier molecular flexibility index (Phi) is 2.81. The number of anilines is 1. The minimum atomic E-state index is 0.255. The fraction of sp³-hybridized carbons (Fsp3) is 0.571. The number of halogens is 1. The Morgan fingerprint density at radius 3 is 2.42 bits per heavy atom. The van der Waals surface area contributed by atoms with Gasteiger partial charge in [-0.3, -0.25) is 0 Å². The molecule has 4 nitrogen and oxygen atoms in total. The first kappa shape index (κ1) is 9.19. The zero-order chi connectivity index (χ0) is 9.14. The standard InChI is InChI=1S/C7H11ClN4/c1-4-5-9-6(8)11-7(10-5)12(2)3/h4H2,1-3H3. The maximum Gasteiger partial charge on any atom is 0.229 e. The smallest absolute Gasteiger partial charge is 0.229 e. The van der Waals surface area contributed by atoms with E-state index in [4.69, 9.17) is 11.6 Å². The van der Waals surface area contributed by atoms with E-state index < -0.39 is 0 Å². The Balaban J connectivity index is 3.06. The molecule has 1 aromatic rings. The molecule has 1 aromatic heterocycles. The predicted molar refractivity (Wildman–Crippen MR) is 48.5 cm³/mol. The molecule has 0 bridgehead atoms. The highest BCUT2D eigenvalue weighted by molar-refractivity contribution is 6.28. The van der Waals surface area contributed by atoms with Gasteiger partial charge in [0.1, 0.15) is 5.82 Å². The summed E-state index contributed by atoms with van der Waals surface area (Å²) in [6.07, 6.45) is 0.767. The number of aryl methyl sites for hydroxylation is 1. The van der Waals surface area contributed by atoms with Gasteiger partial charge < -0.3 is 4.90 Å². The number of aromatic nitrogens is 3. The number of hydrogen-bond donors (Lipinski definition) is 0. The SMILES string of the molecule is CCc1nc(Cl)nc(N(C)C)n1. The minimum Gasteiger partial charge on any atom is -0.347 e. The topological polar surface area (TPSA) is 41.9 Å². The van der Waals surface area contributed by atoms with Crippen molar-refractivity contribution in [3.05, 3.63) is 11.1 Å². The van der Waals surface area contributed by atoms with E-state index in [1.165, 1.54) is 0 Å². The lowest BCUT2D eigenvalue weighted by Crippen LogP contribution is -2.14. The third-order valence-corrected chi connectivity index (χ3v) is 1.53. The number of hydrogen-bond acceptors (Lipinski definition) is 4. The molecule has 0 aromatic carbocycles. The van der Waals surface area contributed by atoms with Crippen LogP contribution >= 0.6 is 11.6 Å². The molecule has 1 heterocycles. The van der Waals surface area contributed by atoms with Gasteiger partial charge in [0.2, 0.25) is 11.2 Å². The zero-order valence-corrected chi connectivity index (χ0v) is 8.13. The molecular formula is C7H11ClN4. The highest BCUT2D eigenvalue weighted by Gasteiger charge is 2.03. The van der Waals surface area contributed by atoms with Crippen molar-refractivity contribution in [3.8, 4) is 0 Å². The lowest BCUT2D eigenvalue weighted by atomic mass is 10.5. The van der Waals surface area contributed by atoms with Gasteiger partial charge in [0.15, 0.2) is 0 Å². The van der Waals surface area contributed by atoms with Crippen molar-refractivity contribution in [2.24, 2.45) is 0 Å². The van der Waals surface area contributed by atoms with E-state index in [0.29, 0.717) is 5.95 Å². The van der Waals surface area contributed by atoms with Crippen LogP contribution in [-0.4, -0.2) is 29.0 Å². The second-order valence-corrected chi connectivity index (χ2v) is 2.91. The molecule has 0 amide bonds. The largest absolute Gasteiger partial charge is 0.347 e. The van der Waals surface area contributed by atoms with Crippen LogP contribution in [0.5, 0.6) is 0 Å². The molecule has 66 valence electrons. The van der Waals surface area contributed by atoms with Gasteiger partial charge in [0.05, 0.1) is 0 Å². The van der Waals surface area contributed by atoms with Crippen LogP contribution in [-0.2, 0) is 6.42 Å². The van der Waals surface area contributed by atoms with Crippen molar-refractivity contribution < 1.29 is 0 Å². The quantitative estimate of drug-likeness (QED) is 0.695. The molecule has 0 N–H and O–H groups in total. The summed E-state index contributed by atoms with van der Waals surface area (Å²) in [6, 6.07) is 0. The Morgan fingerprint density at radius 1 is 1.25 bits per heavy atom. The third kappa shape index (κ3) is 2.04. The molecular weight excluding hydrogens is 176 g/mol. The van der Waals surface area contributed by atoms with E-state index in [-0.39, 0.29) is 5.28 Å². The first-order valence-electron chi connectivity index (χ1n) is 3.71. The van der Waals surface area contributed by atoms with E-state index in [0.717, 1.165) is 12.2 Å². The fourth-order valence-corrected chi connectivity index (χ4v) is 0.911. The molecule has 12 heavy (non-hydrogen) atoms. The molecule has 0 radical (unpaired) electrons. The highest BCUT2D eigenvalue weighted by Crippen LogP contribution is 2.08. The first-order chi connectivity index (χ1) is 5.63. The molecule has 0 unspecified atom stereocenters. The number of rotatable bonds is 2. The summed E-state index contributed by atoms with van der Waals surface area (Å²) in [5, 5.41) is 0.255. The Bertz CT molecular complexity index is 274. The molecule has 5 heteroatoms. The van der Waals surface area contributed by atoms with Crippen molar-refractivity contribution >= 4 is 17.5 Å². The molecule has 0 atom stereocenters. The van der Waals surface area contributed by atoms with Crippen LogP contribution in [0.4, 0.5) is 5.95 Å². The van der Waals surface area contributed by atoms with Gasteiger partial charge >= 0.3 is 0 Å². The monoisotopic (exact) mass is 186 g/mol. The summed E-state index contributed by atoms with van der Waals surface area (Å²) in [7, 11) is 3.73. The van der Waals surface area contributed by atoms with Crippen LogP contribution in [0.15, 0.2) is 0 Å². The molecule has 0 aliphatic heterocycles. The van der Waals surface area contributed by atoms with Gasteiger partial charge in [-0.2, -0.15) is 9.97 Å². The van der Waals surface area contributed by atoms with Crippen molar-refractivity contribution in [2.45, 2.75) is 13.3 Å². The summed E-state index contributed by atoms with van der Waals surface area (Å²) in [5.41, 5.74) is 0.